The van der Waals surface area contributed by atoms with Gasteiger partial charge in [0.2, 0.25) is 0 Å². The predicted molar refractivity (Wildman–Crippen MR) is 61.1 cm³/mol. The summed E-state index contributed by atoms with van der Waals surface area (Å²) >= 11 is 0. The summed E-state index contributed by atoms with van der Waals surface area (Å²) in [6.07, 6.45) is -4.31. The van der Waals surface area contributed by atoms with Gasteiger partial charge in [-0.05, 0) is 20.3 Å². The van der Waals surface area contributed by atoms with Crippen LogP contribution in [-0.2, 0) is 14.6 Å². The van der Waals surface area contributed by atoms with Crippen LogP contribution in [0.4, 0.5) is 13.2 Å². The molecule has 0 saturated carbocycles. The molecule has 0 radical (unpaired) electrons. The number of sulfone groups is 1. The Balaban J connectivity index is 2.52. The Morgan fingerprint density at radius 2 is 2.06 bits per heavy atom. The molecule has 0 aliphatic carbocycles. The number of halogens is 3. The van der Waals surface area contributed by atoms with Crippen molar-refractivity contribution in [3.63, 3.8) is 0 Å². The van der Waals surface area contributed by atoms with Crippen LogP contribution in [0.25, 0.3) is 0 Å². The lowest BCUT2D eigenvalue weighted by molar-refractivity contribution is -0.124. The van der Waals surface area contributed by atoms with Gasteiger partial charge in [0.05, 0.1) is 23.1 Å². The third-order valence-electron chi connectivity index (χ3n) is 3.05. The van der Waals surface area contributed by atoms with Gasteiger partial charge in [-0.1, -0.05) is 0 Å². The standard InChI is InChI=1S/C10H18F3NO3S/c1-7(5-14-6-10(11,12)13)18(15,16)9-3-4-17-8(9)2/h7-9,14H,3-6H2,1-2H3. The summed E-state index contributed by atoms with van der Waals surface area (Å²) in [5.74, 6) is 0. The number of ether oxygens (including phenoxy) is 1. The first-order valence-corrected chi connectivity index (χ1v) is 7.37. The average molecular weight is 289 g/mol. The molecule has 1 aliphatic heterocycles. The predicted octanol–water partition coefficient (Wildman–Crippen LogP) is 1.12. The Morgan fingerprint density at radius 3 is 2.50 bits per heavy atom. The fraction of sp³-hybridized carbons (Fsp3) is 1.00. The molecule has 1 rings (SSSR count). The highest BCUT2D eigenvalue weighted by molar-refractivity contribution is 7.92. The van der Waals surface area contributed by atoms with Gasteiger partial charge in [-0.3, -0.25) is 0 Å². The van der Waals surface area contributed by atoms with Gasteiger partial charge in [-0.25, -0.2) is 8.42 Å². The van der Waals surface area contributed by atoms with E-state index in [-0.39, 0.29) is 12.6 Å². The molecule has 3 atom stereocenters. The van der Waals surface area contributed by atoms with Gasteiger partial charge in [-0.15, -0.1) is 0 Å². The zero-order chi connectivity index (χ0) is 14.0. The molecular formula is C10H18F3NO3S. The van der Waals surface area contributed by atoms with Gasteiger partial charge >= 0.3 is 6.18 Å². The molecule has 0 spiro atoms. The summed E-state index contributed by atoms with van der Waals surface area (Å²) in [6.45, 7) is 2.09. The van der Waals surface area contributed by atoms with E-state index in [2.05, 4.69) is 5.32 Å². The van der Waals surface area contributed by atoms with Crippen LogP contribution in [-0.4, -0.2) is 50.9 Å². The lowest BCUT2D eigenvalue weighted by Gasteiger charge is -2.21. The normalized spacial score (nSPS) is 27.4. The van der Waals surface area contributed by atoms with Crippen LogP contribution in [0, 0.1) is 0 Å². The van der Waals surface area contributed by atoms with E-state index >= 15 is 0 Å². The Bertz CT molecular complexity index is 369. The van der Waals surface area contributed by atoms with Crippen LogP contribution in [0.5, 0.6) is 0 Å². The van der Waals surface area contributed by atoms with E-state index in [0.29, 0.717) is 13.0 Å². The molecule has 1 N–H and O–H groups in total. The van der Waals surface area contributed by atoms with E-state index < -0.39 is 33.1 Å². The second-order valence-electron chi connectivity index (χ2n) is 4.55. The van der Waals surface area contributed by atoms with E-state index in [1.54, 1.807) is 6.92 Å². The number of nitrogens with one attached hydrogen (secondary N) is 1. The van der Waals surface area contributed by atoms with Crippen LogP contribution in [0.2, 0.25) is 0 Å². The molecule has 0 aromatic rings. The molecule has 8 heteroatoms. The van der Waals surface area contributed by atoms with Gasteiger partial charge in [0, 0.05) is 13.2 Å². The van der Waals surface area contributed by atoms with E-state index in [1.807, 2.05) is 0 Å². The second-order valence-corrected chi connectivity index (χ2v) is 7.14. The molecule has 0 amide bonds. The Kier molecular flexibility index (Phi) is 5.02. The topological polar surface area (TPSA) is 55.4 Å². The molecule has 0 bridgehead atoms. The molecule has 3 unspecified atom stereocenters. The van der Waals surface area contributed by atoms with E-state index in [4.69, 9.17) is 4.74 Å². The SMILES string of the molecule is CC1OCCC1S(=O)(=O)C(C)CNCC(F)(F)F. The van der Waals surface area contributed by atoms with Crippen molar-refractivity contribution in [2.75, 3.05) is 19.7 Å². The molecule has 18 heavy (non-hydrogen) atoms. The zero-order valence-electron chi connectivity index (χ0n) is 10.3. The maximum Gasteiger partial charge on any atom is 0.401 e. The minimum absolute atomic E-state index is 0.203. The largest absolute Gasteiger partial charge is 0.401 e. The highest BCUT2D eigenvalue weighted by Gasteiger charge is 2.39. The fourth-order valence-electron chi connectivity index (χ4n) is 1.98. The lowest BCUT2D eigenvalue weighted by Crippen LogP contribution is -2.42. The van der Waals surface area contributed by atoms with Crippen molar-refractivity contribution in [1.29, 1.82) is 0 Å². The number of hydrogen-bond donors (Lipinski definition) is 1. The Hall–Kier alpha value is -0.340. The Morgan fingerprint density at radius 1 is 1.44 bits per heavy atom. The first-order chi connectivity index (χ1) is 8.14. The zero-order valence-corrected chi connectivity index (χ0v) is 11.1. The highest BCUT2D eigenvalue weighted by Crippen LogP contribution is 2.24. The molecule has 1 heterocycles. The minimum atomic E-state index is -4.33. The fourth-order valence-corrected chi connectivity index (χ4v) is 3.96. The van der Waals surface area contributed by atoms with Crippen molar-refractivity contribution in [2.24, 2.45) is 0 Å². The molecule has 1 aliphatic rings. The quantitative estimate of drug-likeness (QED) is 0.824. The summed E-state index contributed by atoms with van der Waals surface area (Å²) in [4.78, 5) is 0. The van der Waals surface area contributed by atoms with Crippen LogP contribution in [0.3, 0.4) is 0 Å². The number of alkyl halides is 3. The second kappa shape index (κ2) is 5.75. The van der Waals surface area contributed by atoms with Crippen LogP contribution < -0.4 is 5.32 Å². The monoisotopic (exact) mass is 289 g/mol. The van der Waals surface area contributed by atoms with Crippen LogP contribution in [0.1, 0.15) is 20.3 Å². The third-order valence-corrected chi connectivity index (χ3v) is 5.80. The van der Waals surface area contributed by atoms with Crippen molar-refractivity contribution >= 4 is 9.84 Å². The van der Waals surface area contributed by atoms with Crippen molar-refractivity contribution in [2.45, 2.75) is 43.0 Å². The molecule has 1 saturated heterocycles. The van der Waals surface area contributed by atoms with Gasteiger partial charge in [-0.2, -0.15) is 13.2 Å². The van der Waals surface area contributed by atoms with Gasteiger partial charge in [0.15, 0.2) is 9.84 Å². The van der Waals surface area contributed by atoms with E-state index in [9.17, 15) is 21.6 Å². The molecule has 4 nitrogen and oxygen atoms in total. The van der Waals surface area contributed by atoms with Crippen molar-refractivity contribution < 1.29 is 26.3 Å². The summed E-state index contributed by atoms with van der Waals surface area (Å²) < 4.78 is 65.2. The van der Waals surface area contributed by atoms with Gasteiger partial charge in [0.1, 0.15) is 0 Å². The molecule has 0 aromatic carbocycles. The summed E-state index contributed by atoms with van der Waals surface area (Å²) in [5, 5.41) is 0.661. The first-order valence-electron chi connectivity index (χ1n) is 5.76. The van der Waals surface area contributed by atoms with Gasteiger partial charge in [0.25, 0.3) is 0 Å². The van der Waals surface area contributed by atoms with Crippen LogP contribution >= 0.6 is 0 Å². The number of hydrogen-bond acceptors (Lipinski definition) is 4. The van der Waals surface area contributed by atoms with Crippen molar-refractivity contribution in [1.82, 2.24) is 5.32 Å². The lowest BCUT2D eigenvalue weighted by atomic mass is 10.3. The average Bonchev–Trinajstić information content (AvgIpc) is 2.62. The molecule has 1 fully saturated rings. The molecule has 108 valence electrons. The van der Waals surface area contributed by atoms with Crippen LogP contribution in [0.15, 0.2) is 0 Å². The smallest absolute Gasteiger partial charge is 0.377 e. The summed E-state index contributed by atoms with van der Waals surface area (Å²) in [7, 11) is -3.46. The number of rotatable bonds is 5. The molecular weight excluding hydrogens is 271 g/mol. The van der Waals surface area contributed by atoms with E-state index in [0.717, 1.165) is 0 Å². The maximum absolute atomic E-state index is 12.1. The van der Waals surface area contributed by atoms with E-state index in [1.165, 1.54) is 6.92 Å². The third kappa shape index (κ3) is 4.10. The van der Waals surface area contributed by atoms with Crippen molar-refractivity contribution in [3.8, 4) is 0 Å². The van der Waals surface area contributed by atoms with Gasteiger partial charge < -0.3 is 10.1 Å². The maximum atomic E-state index is 12.1. The highest BCUT2D eigenvalue weighted by atomic mass is 32.2. The first kappa shape index (κ1) is 15.7. The minimum Gasteiger partial charge on any atom is -0.377 e. The Labute approximate surface area is 105 Å². The summed E-state index contributed by atoms with van der Waals surface area (Å²) in [6, 6.07) is 0. The summed E-state index contributed by atoms with van der Waals surface area (Å²) in [5.41, 5.74) is 0. The molecule has 0 aromatic heterocycles. The van der Waals surface area contributed by atoms with Crippen molar-refractivity contribution in [3.05, 3.63) is 0 Å².